The summed E-state index contributed by atoms with van der Waals surface area (Å²) >= 11 is 1.29. The lowest BCUT2D eigenvalue weighted by Gasteiger charge is -1.99. The van der Waals surface area contributed by atoms with Crippen molar-refractivity contribution in [3.63, 3.8) is 0 Å². The molecular weight excluding hydrogens is 350 g/mol. The van der Waals surface area contributed by atoms with E-state index in [4.69, 9.17) is 4.74 Å². The number of phenols is 1. The molecule has 26 heavy (non-hydrogen) atoms. The minimum atomic E-state index is -0.373. The molecule has 1 N–H and O–H groups in total. The first-order valence-corrected chi connectivity index (χ1v) is 8.85. The SMILES string of the molecule is COC(=O)c1sc2ncc(/C=C3/Cc4c(O)cccc4C3=O)cc2c1C. The third-order valence-corrected chi connectivity index (χ3v) is 5.78. The van der Waals surface area contributed by atoms with Crippen LogP contribution in [0.5, 0.6) is 5.75 Å². The van der Waals surface area contributed by atoms with E-state index in [9.17, 15) is 14.7 Å². The molecule has 3 aromatic rings. The van der Waals surface area contributed by atoms with Crippen molar-refractivity contribution in [2.24, 2.45) is 0 Å². The summed E-state index contributed by atoms with van der Waals surface area (Å²) in [5.74, 6) is -0.306. The van der Waals surface area contributed by atoms with Crippen molar-refractivity contribution < 1.29 is 19.4 Å². The highest BCUT2D eigenvalue weighted by Crippen LogP contribution is 2.35. The van der Waals surface area contributed by atoms with Crippen LogP contribution in [0.25, 0.3) is 16.3 Å². The second-order valence-electron chi connectivity index (χ2n) is 6.15. The van der Waals surface area contributed by atoms with Gasteiger partial charge in [-0.15, -0.1) is 11.3 Å². The molecule has 0 atom stereocenters. The smallest absolute Gasteiger partial charge is 0.348 e. The fraction of sp³-hybridized carbons (Fsp3) is 0.150. The van der Waals surface area contributed by atoms with Gasteiger partial charge in [0.2, 0.25) is 0 Å². The predicted octanol–water partition coefficient (Wildman–Crippen LogP) is 3.92. The number of pyridine rings is 1. The molecular formula is C20H15NO4S. The molecule has 130 valence electrons. The number of nitrogens with zero attached hydrogens (tertiary/aromatic N) is 1. The standard InChI is InChI=1S/C20H15NO4S/c1-10-14-7-11(9-21-19(14)26-18(10)20(24)25-2)6-12-8-15-13(17(12)23)4-3-5-16(15)22/h3-7,9,22H,8H2,1-2H3/b12-6-. The number of esters is 1. The van der Waals surface area contributed by atoms with Crippen LogP contribution in [-0.2, 0) is 11.2 Å². The zero-order chi connectivity index (χ0) is 18.4. The molecule has 0 radical (unpaired) electrons. The van der Waals surface area contributed by atoms with E-state index in [0.717, 1.165) is 21.3 Å². The molecule has 4 rings (SSSR count). The molecule has 0 unspecified atom stereocenters. The molecule has 1 aliphatic rings. The Morgan fingerprint density at radius 2 is 2.19 bits per heavy atom. The predicted molar refractivity (Wildman–Crippen MR) is 99.8 cm³/mol. The van der Waals surface area contributed by atoms with Gasteiger partial charge in [-0.05, 0) is 36.3 Å². The summed E-state index contributed by atoms with van der Waals surface area (Å²) in [6.45, 7) is 1.86. The Morgan fingerprint density at radius 3 is 2.92 bits per heavy atom. The molecule has 0 aliphatic heterocycles. The molecule has 0 amide bonds. The number of benzene rings is 1. The minimum absolute atomic E-state index is 0.0757. The Kier molecular flexibility index (Phi) is 3.85. The van der Waals surface area contributed by atoms with Crippen molar-refractivity contribution in [1.82, 2.24) is 4.98 Å². The number of methoxy groups -OCH3 is 1. The van der Waals surface area contributed by atoms with Crippen molar-refractivity contribution in [2.75, 3.05) is 7.11 Å². The molecule has 1 aromatic carbocycles. The van der Waals surface area contributed by atoms with E-state index in [1.165, 1.54) is 18.4 Å². The topological polar surface area (TPSA) is 76.5 Å². The van der Waals surface area contributed by atoms with Gasteiger partial charge >= 0.3 is 5.97 Å². The van der Waals surface area contributed by atoms with Crippen LogP contribution in [0.2, 0.25) is 0 Å². The van der Waals surface area contributed by atoms with E-state index in [1.54, 1.807) is 30.5 Å². The fourth-order valence-electron chi connectivity index (χ4n) is 3.21. The van der Waals surface area contributed by atoms with Gasteiger partial charge in [0, 0.05) is 34.7 Å². The summed E-state index contributed by atoms with van der Waals surface area (Å²) in [5.41, 5.74) is 3.43. The number of aromatic nitrogens is 1. The molecule has 2 aromatic heterocycles. The number of hydrogen-bond donors (Lipinski definition) is 1. The fourth-order valence-corrected chi connectivity index (χ4v) is 4.27. The molecule has 0 saturated carbocycles. The molecule has 0 spiro atoms. The maximum Gasteiger partial charge on any atom is 0.348 e. The maximum absolute atomic E-state index is 12.6. The third kappa shape index (κ3) is 2.50. The van der Waals surface area contributed by atoms with Crippen LogP contribution < -0.4 is 0 Å². The lowest BCUT2D eigenvalue weighted by Crippen LogP contribution is -1.99. The van der Waals surface area contributed by atoms with Gasteiger partial charge in [-0.1, -0.05) is 12.1 Å². The van der Waals surface area contributed by atoms with Gasteiger partial charge in [0.25, 0.3) is 0 Å². The number of fused-ring (bicyclic) bond motifs is 2. The van der Waals surface area contributed by atoms with Crippen molar-refractivity contribution in [3.05, 3.63) is 63.2 Å². The van der Waals surface area contributed by atoms with Gasteiger partial charge in [-0.3, -0.25) is 4.79 Å². The number of aromatic hydroxyl groups is 1. The van der Waals surface area contributed by atoms with Crippen molar-refractivity contribution in [1.29, 1.82) is 0 Å². The van der Waals surface area contributed by atoms with Gasteiger partial charge in [0.15, 0.2) is 5.78 Å². The van der Waals surface area contributed by atoms with Crippen LogP contribution in [-0.4, -0.2) is 29.0 Å². The number of phenolic OH excluding ortho intramolecular Hbond substituents is 1. The quantitative estimate of drug-likeness (QED) is 0.550. The van der Waals surface area contributed by atoms with Gasteiger partial charge in [0.05, 0.1) is 7.11 Å². The van der Waals surface area contributed by atoms with Gasteiger partial charge in [-0.2, -0.15) is 0 Å². The number of carbonyl (C=O) groups excluding carboxylic acids is 2. The summed E-state index contributed by atoms with van der Waals surface area (Å²) in [4.78, 5) is 30.1. The summed E-state index contributed by atoms with van der Waals surface area (Å²) in [7, 11) is 1.36. The second-order valence-corrected chi connectivity index (χ2v) is 7.15. The van der Waals surface area contributed by atoms with E-state index in [1.807, 2.05) is 13.0 Å². The highest BCUT2D eigenvalue weighted by Gasteiger charge is 2.27. The van der Waals surface area contributed by atoms with Gasteiger partial charge < -0.3 is 9.84 Å². The van der Waals surface area contributed by atoms with Crippen LogP contribution >= 0.6 is 11.3 Å². The van der Waals surface area contributed by atoms with Crippen LogP contribution in [0.3, 0.4) is 0 Å². The average molecular weight is 365 g/mol. The number of ether oxygens (including phenoxy) is 1. The van der Waals surface area contributed by atoms with E-state index < -0.39 is 0 Å². The highest BCUT2D eigenvalue weighted by molar-refractivity contribution is 7.20. The number of Topliss-reactive ketones (excluding diaryl/α,β-unsaturated/α-hetero) is 1. The van der Waals surface area contributed by atoms with Crippen molar-refractivity contribution in [2.45, 2.75) is 13.3 Å². The Bertz CT molecular complexity index is 1110. The molecule has 0 bridgehead atoms. The van der Waals surface area contributed by atoms with E-state index in [0.29, 0.717) is 28.0 Å². The van der Waals surface area contributed by atoms with E-state index >= 15 is 0 Å². The molecule has 1 aliphatic carbocycles. The Balaban J connectivity index is 1.76. The van der Waals surface area contributed by atoms with Crippen LogP contribution in [0.1, 0.15) is 36.7 Å². The molecule has 0 fully saturated rings. The second kappa shape index (κ2) is 6.07. The molecule has 6 heteroatoms. The lowest BCUT2D eigenvalue weighted by molar-refractivity contribution is 0.0605. The number of hydrogen-bond acceptors (Lipinski definition) is 6. The lowest BCUT2D eigenvalue weighted by atomic mass is 10.1. The number of ketones is 1. The monoisotopic (exact) mass is 365 g/mol. The third-order valence-electron chi connectivity index (χ3n) is 4.58. The Hall–Kier alpha value is -2.99. The summed E-state index contributed by atoms with van der Waals surface area (Å²) in [6, 6.07) is 6.91. The normalized spacial score (nSPS) is 14.8. The molecule has 5 nitrogen and oxygen atoms in total. The number of carbonyl (C=O) groups is 2. The van der Waals surface area contributed by atoms with Crippen LogP contribution in [0.4, 0.5) is 0 Å². The first-order chi connectivity index (χ1) is 12.5. The average Bonchev–Trinajstić information content (AvgIpc) is 3.14. The maximum atomic E-state index is 12.6. The van der Waals surface area contributed by atoms with Crippen molar-refractivity contribution >= 4 is 39.4 Å². The van der Waals surface area contributed by atoms with Crippen molar-refractivity contribution in [3.8, 4) is 5.75 Å². The first kappa shape index (κ1) is 16.5. The number of aryl methyl sites for hydroxylation is 1. The Morgan fingerprint density at radius 1 is 1.38 bits per heavy atom. The van der Waals surface area contributed by atoms with Crippen LogP contribution in [0.15, 0.2) is 36.0 Å². The van der Waals surface area contributed by atoms with Gasteiger partial charge in [-0.25, -0.2) is 9.78 Å². The van der Waals surface area contributed by atoms with Crippen LogP contribution in [0, 0.1) is 6.92 Å². The zero-order valence-electron chi connectivity index (χ0n) is 14.2. The summed E-state index contributed by atoms with van der Waals surface area (Å²) < 4.78 is 4.81. The molecule has 0 saturated heterocycles. The van der Waals surface area contributed by atoms with E-state index in [2.05, 4.69) is 4.98 Å². The summed E-state index contributed by atoms with van der Waals surface area (Å²) in [5, 5.41) is 10.8. The Labute approximate surface area is 153 Å². The minimum Gasteiger partial charge on any atom is -0.508 e. The number of thiophene rings is 1. The zero-order valence-corrected chi connectivity index (χ0v) is 15.0. The molecule has 2 heterocycles. The highest BCUT2D eigenvalue weighted by atomic mass is 32.1. The van der Waals surface area contributed by atoms with Gasteiger partial charge in [0.1, 0.15) is 15.5 Å². The van der Waals surface area contributed by atoms with E-state index in [-0.39, 0.29) is 17.5 Å². The first-order valence-electron chi connectivity index (χ1n) is 8.03. The summed E-state index contributed by atoms with van der Waals surface area (Å²) in [6.07, 6.45) is 3.88. The number of rotatable bonds is 2. The largest absolute Gasteiger partial charge is 0.508 e. The number of allylic oxidation sites excluding steroid dienone is 1.